The van der Waals surface area contributed by atoms with Crippen molar-refractivity contribution in [1.82, 2.24) is 15.5 Å². The third-order valence-electron chi connectivity index (χ3n) is 4.21. The number of hydrogen-bond acceptors (Lipinski definition) is 3. The number of rotatable bonds is 9. The first-order valence-electron chi connectivity index (χ1n) is 8.66. The summed E-state index contributed by atoms with van der Waals surface area (Å²) >= 11 is 0. The summed E-state index contributed by atoms with van der Waals surface area (Å²) in [5, 5.41) is 6.56. The fraction of sp³-hybridized carbons (Fsp3) is 0.941. The maximum absolute atomic E-state index is 12.0. The van der Waals surface area contributed by atoms with Gasteiger partial charge in [-0.1, -0.05) is 26.7 Å². The number of carbonyl (C=O) groups is 1. The molecule has 1 amide bonds. The van der Waals surface area contributed by atoms with Crippen molar-refractivity contribution in [3.8, 4) is 0 Å². The number of amides is 1. The second-order valence-electron chi connectivity index (χ2n) is 7.20. The highest BCUT2D eigenvalue weighted by Gasteiger charge is 2.17. The fourth-order valence-electron chi connectivity index (χ4n) is 3.06. The highest BCUT2D eigenvalue weighted by atomic mass is 16.2. The van der Waals surface area contributed by atoms with E-state index in [4.69, 9.17) is 0 Å². The lowest BCUT2D eigenvalue weighted by Crippen LogP contribution is -2.43. The number of nitrogens with zero attached hydrogens (tertiary/aromatic N) is 1. The first kappa shape index (κ1) is 18.4. The van der Waals surface area contributed by atoms with E-state index in [9.17, 15) is 4.79 Å². The van der Waals surface area contributed by atoms with Gasteiger partial charge in [0.2, 0.25) is 5.91 Å². The average molecular weight is 297 g/mol. The van der Waals surface area contributed by atoms with Gasteiger partial charge in [0.1, 0.15) is 0 Å². The molecule has 4 nitrogen and oxygen atoms in total. The van der Waals surface area contributed by atoms with Crippen LogP contribution in [0.15, 0.2) is 0 Å². The predicted molar refractivity (Wildman–Crippen MR) is 89.4 cm³/mol. The quantitative estimate of drug-likeness (QED) is 0.686. The summed E-state index contributed by atoms with van der Waals surface area (Å²) in [6.45, 7) is 10.4. The van der Waals surface area contributed by atoms with Crippen LogP contribution in [0.4, 0.5) is 0 Å². The lowest BCUT2D eigenvalue weighted by Gasteiger charge is -2.27. The molecule has 4 heteroatoms. The predicted octanol–water partition coefficient (Wildman–Crippen LogP) is 2.25. The maximum Gasteiger partial charge on any atom is 0.234 e. The highest BCUT2D eigenvalue weighted by molar-refractivity contribution is 5.78. The molecule has 2 atom stereocenters. The largest absolute Gasteiger partial charge is 0.353 e. The Morgan fingerprint density at radius 2 is 2.10 bits per heavy atom. The van der Waals surface area contributed by atoms with E-state index in [0.717, 1.165) is 32.0 Å². The number of hydrogen-bond donors (Lipinski definition) is 2. The summed E-state index contributed by atoms with van der Waals surface area (Å²) < 4.78 is 0. The van der Waals surface area contributed by atoms with Gasteiger partial charge < -0.3 is 10.6 Å². The van der Waals surface area contributed by atoms with Gasteiger partial charge in [-0.2, -0.15) is 0 Å². The molecule has 1 fully saturated rings. The van der Waals surface area contributed by atoms with E-state index in [-0.39, 0.29) is 5.91 Å². The SMILES string of the molecule is CC(C)CCCC(C)NC(=O)CN(C)CC1CCCNC1. The Morgan fingerprint density at radius 3 is 2.71 bits per heavy atom. The topological polar surface area (TPSA) is 44.4 Å². The van der Waals surface area contributed by atoms with Gasteiger partial charge in [-0.15, -0.1) is 0 Å². The Balaban J connectivity index is 2.13. The van der Waals surface area contributed by atoms with Crippen LogP contribution in [0.25, 0.3) is 0 Å². The van der Waals surface area contributed by atoms with Gasteiger partial charge in [0.15, 0.2) is 0 Å². The summed E-state index contributed by atoms with van der Waals surface area (Å²) in [4.78, 5) is 14.2. The van der Waals surface area contributed by atoms with E-state index in [1.807, 2.05) is 0 Å². The van der Waals surface area contributed by atoms with Crippen LogP contribution in [0.5, 0.6) is 0 Å². The molecule has 0 radical (unpaired) electrons. The van der Waals surface area contributed by atoms with Crippen molar-refractivity contribution in [2.45, 2.75) is 58.9 Å². The van der Waals surface area contributed by atoms with Crippen molar-refractivity contribution in [1.29, 1.82) is 0 Å². The van der Waals surface area contributed by atoms with E-state index in [2.05, 4.69) is 43.4 Å². The molecule has 0 spiro atoms. The van der Waals surface area contributed by atoms with Crippen LogP contribution in [-0.2, 0) is 4.79 Å². The van der Waals surface area contributed by atoms with Crippen molar-refractivity contribution in [3.63, 3.8) is 0 Å². The Labute approximate surface area is 131 Å². The molecule has 1 aliphatic rings. The molecular weight excluding hydrogens is 262 g/mol. The minimum atomic E-state index is 0.165. The summed E-state index contributed by atoms with van der Waals surface area (Å²) in [5.41, 5.74) is 0. The zero-order valence-corrected chi connectivity index (χ0v) is 14.5. The van der Waals surface area contributed by atoms with Gasteiger partial charge in [-0.25, -0.2) is 0 Å². The van der Waals surface area contributed by atoms with Crippen LogP contribution in [-0.4, -0.2) is 50.1 Å². The number of carbonyl (C=O) groups excluding carboxylic acids is 1. The zero-order valence-electron chi connectivity index (χ0n) is 14.5. The van der Waals surface area contributed by atoms with Crippen LogP contribution in [0.3, 0.4) is 0 Å². The molecule has 2 unspecified atom stereocenters. The number of piperidine rings is 1. The van der Waals surface area contributed by atoms with Crippen LogP contribution in [0.1, 0.15) is 52.9 Å². The molecular formula is C17H35N3O. The minimum absolute atomic E-state index is 0.165. The van der Waals surface area contributed by atoms with Gasteiger partial charge in [-0.3, -0.25) is 9.69 Å². The van der Waals surface area contributed by atoms with Crippen molar-refractivity contribution < 1.29 is 4.79 Å². The normalized spacial score (nSPS) is 20.8. The molecule has 0 saturated carbocycles. The maximum atomic E-state index is 12.0. The number of nitrogens with one attached hydrogen (secondary N) is 2. The molecule has 0 aromatic heterocycles. The molecule has 0 aromatic carbocycles. The lowest BCUT2D eigenvalue weighted by atomic mass is 9.99. The van der Waals surface area contributed by atoms with Crippen LogP contribution < -0.4 is 10.6 Å². The van der Waals surface area contributed by atoms with E-state index < -0.39 is 0 Å². The Bertz CT molecular complexity index is 288. The van der Waals surface area contributed by atoms with Gasteiger partial charge >= 0.3 is 0 Å². The summed E-state index contributed by atoms with van der Waals surface area (Å²) in [6, 6.07) is 0.293. The molecule has 1 rings (SSSR count). The van der Waals surface area contributed by atoms with E-state index in [1.165, 1.54) is 25.7 Å². The average Bonchev–Trinajstić information content (AvgIpc) is 2.38. The molecule has 1 heterocycles. The van der Waals surface area contributed by atoms with Crippen LogP contribution in [0, 0.1) is 11.8 Å². The zero-order chi connectivity index (χ0) is 15.7. The van der Waals surface area contributed by atoms with E-state index >= 15 is 0 Å². The second kappa shape index (κ2) is 10.2. The molecule has 0 aliphatic carbocycles. The van der Waals surface area contributed by atoms with Gasteiger partial charge in [0.25, 0.3) is 0 Å². The van der Waals surface area contributed by atoms with Crippen molar-refractivity contribution in [2.75, 3.05) is 33.2 Å². The van der Waals surface area contributed by atoms with Gasteiger partial charge in [0, 0.05) is 12.6 Å². The Hall–Kier alpha value is -0.610. The fourth-order valence-corrected chi connectivity index (χ4v) is 3.06. The van der Waals surface area contributed by atoms with Crippen LogP contribution >= 0.6 is 0 Å². The summed E-state index contributed by atoms with van der Waals surface area (Å²) in [5.74, 6) is 1.61. The lowest BCUT2D eigenvalue weighted by molar-refractivity contribution is -0.122. The standard InChI is InChI=1S/C17H35N3O/c1-14(2)7-5-8-15(3)19-17(21)13-20(4)12-16-9-6-10-18-11-16/h14-16,18H,5-13H2,1-4H3,(H,19,21). The van der Waals surface area contributed by atoms with Crippen LogP contribution in [0.2, 0.25) is 0 Å². The highest BCUT2D eigenvalue weighted by Crippen LogP contribution is 2.11. The Morgan fingerprint density at radius 1 is 1.33 bits per heavy atom. The second-order valence-corrected chi connectivity index (χ2v) is 7.20. The molecule has 124 valence electrons. The monoisotopic (exact) mass is 297 g/mol. The molecule has 21 heavy (non-hydrogen) atoms. The van der Waals surface area contributed by atoms with Crippen molar-refractivity contribution in [2.24, 2.45) is 11.8 Å². The minimum Gasteiger partial charge on any atom is -0.353 e. The summed E-state index contributed by atoms with van der Waals surface area (Å²) in [6.07, 6.45) is 6.07. The molecule has 2 N–H and O–H groups in total. The first-order valence-corrected chi connectivity index (χ1v) is 8.66. The van der Waals surface area contributed by atoms with Crippen molar-refractivity contribution in [3.05, 3.63) is 0 Å². The van der Waals surface area contributed by atoms with Gasteiger partial charge in [0.05, 0.1) is 6.54 Å². The van der Waals surface area contributed by atoms with Gasteiger partial charge in [-0.05, 0) is 58.2 Å². The van der Waals surface area contributed by atoms with E-state index in [1.54, 1.807) is 0 Å². The third-order valence-corrected chi connectivity index (χ3v) is 4.21. The number of likely N-dealkylation sites (N-methyl/N-ethyl adjacent to an activating group) is 1. The first-order chi connectivity index (χ1) is 9.97. The summed E-state index contributed by atoms with van der Waals surface area (Å²) in [7, 11) is 2.05. The third kappa shape index (κ3) is 9.10. The molecule has 0 aromatic rings. The smallest absolute Gasteiger partial charge is 0.234 e. The molecule has 1 saturated heterocycles. The molecule has 1 aliphatic heterocycles. The van der Waals surface area contributed by atoms with E-state index in [0.29, 0.717) is 18.5 Å². The Kier molecular flexibility index (Phi) is 8.93. The molecule has 0 bridgehead atoms. The van der Waals surface area contributed by atoms with Crippen molar-refractivity contribution >= 4 is 5.91 Å².